The maximum atomic E-state index is 12.3. The lowest BCUT2D eigenvalue weighted by molar-refractivity contribution is -0.274. The van der Waals surface area contributed by atoms with Crippen LogP contribution < -0.4 is 9.47 Å². The molecule has 0 radical (unpaired) electrons. The topological polar surface area (TPSA) is 44.2 Å². The molecule has 0 aliphatic carbocycles. The van der Waals surface area contributed by atoms with Gasteiger partial charge in [-0.15, -0.1) is 13.2 Å². The SMILES string of the molecule is COc1ncccc1-c1cccnc1Cc1ccc(OC(F)(F)F)cc1. The highest BCUT2D eigenvalue weighted by molar-refractivity contribution is 5.70. The number of hydrogen-bond donors (Lipinski definition) is 0. The van der Waals surface area contributed by atoms with Crippen LogP contribution in [-0.2, 0) is 6.42 Å². The van der Waals surface area contributed by atoms with Crippen LogP contribution in [-0.4, -0.2) is 23.4 Å². The van der Waals surface area contributed by atoms with Crippen molar-refractivity contribution in [2.75, 3.05) is 7.11 Å². The molecule has 2 heterocycles. The summed E-state index contributed by atoms with van der Waals surface area (Å²) in [7, 11) is 1.54. The van der Waals surface area contributed by atoms with Gasteiger partial charge in [0, 0.05) is 29.9 Å². The first-order chi connectivity index (χ1) is 12.5. The fourth-order valence-electron chi connectivity index (χ4n) is 2.58. The summed E-state index contributed by atoms with van der Waals surface area (Å²) in [5.74, 6) is 0.229. The number of pyridine rings is 2. The first-order valence-corrected chi connectivity index (χ1v) is 7.74. The van der Waals surface area contributed by atoms with Gasteiger partial charge in [-0.05, 0) is 35.9 Å². The van der Waals surface area contributed by atoms with Crippen molar-refractivity contribution >= 4 is 0 Å². The Balaban J connectivity index is 1.87. The van der Waals surface area contributed by atoms with Crippen LogP contribution in [0, 0.1) is 0 Å². The molecule has 0 unspecified atom stereocenters. The van der Waals surface area contributed by atoms with E-state index in [1.807, 2.05) is 18.2 Å². The smallest absolute Gasteiger partial charge is 0.481 e. The van der Waals surface area contributed by atoms with Crippen molar-refractivity contribution < 1.29 is 22.6 Å². The quantitative estimate of drug-likeness (QED) is 0.665. The molecule has 0 aliphatic rings. The minimum absolute atomic E-state index is 0.253. The van der Waals surface area contributed by atoms with E-state index in [0.29, 0.717) is 12.3 Å². The standard InChI is InChI=1S/C19H15F3N2O2/c1-25-18-16(5-3-11-24-18)15-4-2-10-23-17(15)12-13-6-8-14(9-7-13)26-19(20,21)22/h2-11H,12H2,1H3. The molecule has 0 saturated heterocycles. The Morgan fingerprint density at radius 1 is 0.885 bits per heavy atom. The molecule has 0 fully saturated rings. The average Bonchev–Trinajstić information content (AvgIpc) is 2.63. The molecule has 7 heteroatoms. The number of benzene rings is 1. The van der Waals surface area contributed by atoms with Crippen molar-refractivity contribution in [1.29, 1.82) is 0 Å². The Morgan fingerprint density at radius 3 is 2.19 bits per heavy atom. The van der Waals surface area contributed by atoms with Crippen LogP contribution in [0.3, 0.4) is 0 Å². The number of aromatic nitrogens is 2. The summed E-state index contributed by atoms with van der Waals surface area (Å²) < 4.78 is 45.9. The second-order valence-electron chi connectivity index (χ2n) is 5.43. The fraction of sp³-hybridized carbons (Fsp3) is 0.158. The van der Waals surface area contributed by atoms with Crippen LogP contribution in [0.2, 0.25) is 0 Å². The maximum absolute atomic E-state index is 12.3. The number of rotatable bonds is 5. The molecular weight excluding hydrogens is 345 g/mol. The summed E-state index contributed by atoms with van der Waals surface area (Å²) >= 11 is 0. The lowest BCUT2D eigenvalue weighted by atomic mass is 10.00. The van der Waals surface area contributed by atoms with Gasteiger partial charge in [-0.25, -0.2) is 4.98 Å². The van der Waals surface area contributed by atoms with Crippen LogP contribution in [0.1, 0.15) is 11.3 Å². The second kappa shape index (κ2) is 7.43. The molecule has 0 N–H and O–H groups in total. The van der Waals surface area contributed by atoms with Crippen molar-refractivity contribution in [1.82, 2.24) is 9.97 Å². The molecule has 1 aromatic carbocycles. The Kier molecular flexibility index (Phi) is 5.06. The lowest BCUT2D eigenvalue weighted by Gasteiger charge is -2.12. The largest absolute Gasteiger partial charge is 0.573 e. The number of nitrogens with zero attached hydrogens (tertiary/aromatic N) is 2. The third kappa shape index (κ3) is 4.30. The average molecular weight is 360 g/mol. The van der Waals surface area contributed by atoms with Gasteiger partial charge in [0.1, 0.15) is 5.75 Å². The Labute approximate surface area is 148 Å². The molecule has 3 rings (SSSR count). The van der Waals surface area contributed by atoms with Crippen molar-refractivity contribution in [3.05, 3.63) is 72.2 Å². The van der Waals surface area contributed by atoms with Gasteiger partial charge in [0.15, 0.2) is 0 Å². The van der Waals surface area contributed by atoms with Gasteiger partial charge in [-0.1, -0.05) is 18.2 Å². The first kappa shape index (κ1) is 17.7. The van der Waals surface area contributed by atoms with E-state index in [-0.39, 0.29) is 5.75 Å². The van der Waals surface area contributed by atoms with E-state index in [4.69, 9.17) is 4.74 Å². The summed E-state index contributed by atoms with van der Waals surface area (Å²) in [6.07, 6.45) is -0.951. The van der Waals surface area contributed by atoms with E-state index in [1.165, 1.54) is 12.1 Å². The number of ether oxygens (including phenoxy) is 2. The minimum Gasteiger partial charge on any atom is -0.481 e. The molecule has 0 saturated carbocycles. The van der Waals surface area contributed by atoms with E-state index in [9.17, 15) is 13.2 Å². The van der Waals surface area contributed by atoms with Gasteiger partial charge < -0.3 is 9.47 Å². The van der Waals surface area contributed by atoms with E-state index in [1.54, 1.807) is 37.7 Å². The summed E-state index contributed by atoms with van der Waals surface area (Å²) in [4.78, 5) is 8.61. The predicted molar refractivity (Wildman–Crippen MR) is 90.0 cm³/mol. The van der Waals surface area contributed by atoms with E-state index in [2.05, 4.69) is 14.7 Å². The van der Waals surface area contributed by atoms with Gasteiger partial charge in [0.05, 0.1) is 12.8 Å². The molecule has 0 bridgehead atoms. The monoisotopic (exact) mass is 360 g/mol. The van der Waals surface area contributed by atoms with Crippen molar-refractivity contribution in [3.63, 3.8) is 0 Å². The van der Waals surface area contributed by atoms with Gasteiger partial charge in [0.25, 0.3) is 0 Å². The molecule has 0 amide bonds. The van der Waals surface area contributed by atoms with Gasteiger partial charge in [-0.3, -0.25) is 4.98 Å². The summed E-state index contributed by atoms with van der Waals surface area (Å²) in [5, 5.41) is 0. The number of hydrogen-bond acceptors (Lipinski definition) is 4. The second-order valence-corrected chi connectivity index (χ2v) is 5.43. The predicted octanol–water partition coefficient (Wildman–Crippen LogP) is 4.64. The first-order valence-electron chi connectivity index (χ1n) is 7.74. The van der Waals surface area contributed by atoms with Crippen LogP contribution in [0.25, 0.3) is 11.1 Å². The lowest BCUT2D eigenvalue weighted by Crippen LogP contribution is -2.17. The number of halogens is 3. The van der Waals surface area contributed by atoms with Gasteiger partial charge >= 0.3 is 6.36 Å². The highest BCUT2D eigenvalue weighted by atomic mass is 19.4. The van der Waals surface area contributed by atoms with Crippen LogP contribution >= 0.6 is 0 Å². The molecule has 0 atom stereocenters. The molecule has 134 valence electrons. The third-order valence-electron chi connectivity index (χ3n) is 3.67. The van der Waals surface area contributed by atoms with E-state index < -0.39 is 6.36 Å². The normalized spacial score (nSPS) is 11.2. The molecule has 26 heavy (non-hydrogen) atoms. The molecule has 2 aromatic heterocycles. The molecule has 4 nitrogen and oxygen atoms in total. The zero-order chi connectivity index (χ0) is 18.6. The summed E-state index contributed by atoms with van der Waals surface area (Å²) in [5.41, 5.74) is 3.23. The zero-order valence-corrected chi connectivity index (χ0v) is 13.8. The van der Waals surface area contributed by atoms with Crippen molar-refractivity contribution in [2.24, 2.45) is 0 Å². The Morgan fingerprint density at radius 2 is 1.54 bits per heavy atom. The van der Waals surface area contributed by atoms with Crippen molar-refractivity contribution in [2.45, 2.75) is 12.8 Å². The Hall–Kier alpha value is -3.09. The van der Waals surface area contributed by atoms with Crippen molar-refractivity contribution in [3.8, 4) is 22.8 Å². The van der Waals surface area contributed by atoms with Gasteiger partial charge in [-0.2, -0.15) is 0 Å². The molecule has 3 aromatic rings. The molecule has 0 spiro atoms. The van der Waals surface area contributed by atoms with E-state index in [0.717, 1.165) is 22.4 Å². The van der Waals surface area contributed by atoms with Crippen LogP contribution in [0.4, 0.5) is 13.2 Å². The third-order valence-corrected chi connectivity index (χ3v) is 3.67. The Bertz CT molecular complexity index is 880. The summed E-state index contributed by atoms with van der Waals surface area (Å²) in [6.45, 7) is 0. The number of methoxy groups -OCH3 is 1. The highest BCUT2D eigenvalue weighted by Gasteiger charge is 2.30. The molecule has 0 aliphatic heterocycles. The fourth-order valence-corrected chi connectivity index (χ4v) is 2.58. The highest BCUT2D eigenvalue weighted by Crippen LogP contribution is 2.31. The number of alkyl halides is 3. The van der Waals surface area contributed by atoms with Crippen LogP contribution in [0.15, 0.2) is 60.9 Å². The van der Waals surface area contributed by atoms with Gasteiger partial charge in [0.2, 0.25) is 5.88 Å². The van der Waals surface area contributed by atoms with Crippen LogP contribution in [0.5, 0.6) is 11.6 Å². The minimum atomic E-state index is -4.70. The summed E-state index contributed by atoms with van der Waals surface area (Å²) in [6, 6.07) is 13.1. The van der Waals surface area contributed by atoms with E-state index >= 15 is 0 Å². The zero-order valence-electron chi connectivity index (χ0n) is 13.8. The molecular formula is C19H15F3N2O2. The maximum Gasteiger partial charge on any atom is 0.573 e.